The van der Waals surface area contributed by atoms with Crippen molar-refractivity contribution in [2.24, 2.45) is 28.7 Å². The van der Waals surface area contributed by atoms with E-state index in [1.807, 2.05) is 41.5 Å². The zero-order valence-electron chi connectivity index (χ0n) is 29.1. The molecule has 2 bridgehead atoms. The lowest BCUT2D eigenvalue weighted by Gasteiger charge is -2.47. The molecule has 5 aliphatic rings. The number of aliphatic imine (C=N–C) groups is 1. The molecule has 0 amide bonds. The van der Waals surface area contributed by atoms with Crippen LogP contribution in [0.3, 0.4) is 0 Å². The zero-order chi connectivity index (χ0) is 33.8. The highest BCUT2D eigenvalue weighted by Crippen LogP contribution is 2.46. The number of rotatable bonds is 5. The molecular formula is C34H59NO11. The monoisotopic (exact) mass is 657 g/mol. The van der Waals surface area contributed by atoms with Crippen molar-refractivity contribution in [2.75, 3.05) is 13.2 Å². The molecule has 4 fully saturated rings. The molecule has 5 rings (SSSR count). The first kappa shape index (κ1) is 36.4. The van der Waals surface area contributed by atoms with Gasteiger partial charge in [0.05, 0.1) is 37.6 Å². The van der Waals surface area contributed by atoms with Gasteiger partial charge in [0.1, 0.15) is 35.1 Å². The SMILES string of the molecule is CCC1OC(O)C(C)C(OC2CC(C)C3(CO2)CO3)C(C)C(OC2OC(C)CCC2O)C2(C)CC(C)C(=NC(C)C(O)C1(C)O)O2. The Labute approximate surface area is 274 Å². The van der Waals surface area contributed by atoms with Crippen LogP contribution in [-0.4, -0.2) is 118 Å². The van der Waals surface area contributed by atoms with Crippen LogP contribution in [0.15, 0.2) is 4.99 Å². The Hall–Kier alpha value is -0.930. The third-order valence-corrected chi connectivity index (χ3v) is 11.4. The Balaban J connectivity index is 1.55. The largest absolute Gasteiger partial charge is 0.472 e. The molecule has 266 valence electrons. The summed E-state index contributed by atoms with van der Waals surface area (Å²) < 4.78 is 44.4. The van der Waals surface area contributed by atoms with Crippen molar-refractivity contribution in [3.63, 3.8) is 0 Å². The Morgan fingerprint density at radius 2 is 1.63 bits per heavy atom. The highest BCUT2D eigenvalue weighted by Gasteiger charge is 2.56. The molecule has 0 aromatic carbocycles. The van der Waals surface area contributed by atoms with E-state index < -0.39 is 78.5 Å². The van der Waals surface area contributed by atoms with E-state index in [9.17, 15) is 20.4 Å². The van der Waals surface area contributed by atoms with E-state index in [1.165, 1.54) is 6.92 Å². The van der Waals surface area contributed by atoms with Crippen LogP contribution in [0.5, 0.6) is 0 Å². The average molecular weight is 658 g/mol. The summed E-state index contributed by atoms with van der Waals surface area (Å²) in [7, 11) is 0. The lowest BCUT2D eigenvalue weighted by molar-refractivity contribution is -0.304. The van der Waals surface area contributed by atoms with Gasteiger partial charge in [-0.2, -0.15) is 0 Å². The minimum atomic E-state index is -1.73. The smallest absolute Gasteiger partial charge is 0.187 e. The number of nitrogens with zero attached hydrogens (tertiary/aromatic N) is 1. The van der Waals surface area contributed by atoms with Crippen LogP contribution in [0.4, 0.5) is 0 Å². The summed E-state index contributed by atoms with van der Waals surface area (Å²) in [4.78, 5) is 4.77. The molecule has 0 aromatic heterocycles. The molecule has 1 spiro atoms. The van der Waals surface area contributed by atoms with Crippen molar-refractivity contribution >= 4 is 5.90 Å². The van der Waals surface area contributed by atoms with Crippen LogP contribution in [-0.2, 0) is 33.2 Å². The van der Waals surface area contributed by atoms with Crippen LogP contribution in [0.1, 0.15) is 94.4 Å². The quantitative estimate of drug-likeness (QED) is 0.322. The second-order valence-electron chi connectivity index (χ2n) is 15.4. The summed E-state index contributed by atoms with van der Waals surface area (Å²) in [6, 6.07) is -0.730. The van der Waals surface area contributed by atoms with Crippen molar-refractivity contribution in [1.82, 2.24) is 0 Å². The van der Waals surface area contributed by atoms with E-state index in [-0.39, 0.29) is 23.5 Å². The van der Waals surface area contributed by atoms with Crippen LogP contribution < -0.4 is 0 Å². The lowest BCUT2D eigenvalue weighted by atomic mass is 9.79. The van der Waals surface area contributed by atoms with Gasteiger partial charge < -0.3 is 53.6 Å². The van der Waals surface area contributed by atoms with Gasteiger partial charge in [-0.25, -0.2) is 4.99 Å². The number of hydrogen-bond acceptors (Lipinski definition) is 12. The minimum Gasteiger partial charge on any atom is -0.472 e. The fourth-order valence-corrected chi connectivity index (χ4v) is 8.05. The standard InChI is InChI=1S/C34H59NO11/c1-10-24-33(9,39)27(37)22(7)35-29-17(2)14-32(8,46-29)28(45-31-23(36)12-11-19(4)42-31)20(5)26(21(6)30(38)43-24)44-25-13-18(3)34(15-40-25)16-41-34/h17-28,30-31,36-39H,10-16H2,1-9H3. The van der Waals surface area contributed by atoms with Gasteiger partial charge in [0.25, 0.3) is 0 Å². The molecule has 12 heteroatoms. The number of aliphatic hydroxyl groups is 4. The molecule has 0 aliphatic carbocycles. The summed E-state index contributed by atoms with van der Waals surface area (Å²) >= 11 is 0. The molecule has 5 aliphatic heterocycles. The predicted molar refractivity (Wildman–Crippen MR) is 168 cm³/mol. The summed E-state index contributed by atoms with van der Waals surface area (Å²) in [5, 5.41) is 45.6. The number of epoxide rings is 1. The Morgan fingerprint density at radius 1 is 0.935 bits per heavy atom. The fourth-order valence-electron chi connectivity index (χ4n) is 8.05. The van der Waals surface area contributed by atoms with E-state index in [0.29, 0.717) is 44.8 Å². The van der Waals surface area contributed by atoms with Crippen molar-refractivity contribution in [3.05, 3.63) is 0 Å². The van der Waals surface area contributed by atoms with E-state index in [1.54, 1.807) is 6.92 Å². The Kier molecular flexibility index (Phi) is 10.9. The summed E-state index contributed by atoms with van der Waals surface area (Å²) in [6.07, 6.45) is -4.59. The van der Waals surface area contributed by atoms with Gasteiger partial charge in [0, 0.05) is 30.6 Å². The highest BCUT2D eigenvalue weighted by molar-refractivity contribution is 5.81. The number of aliphatic hydroxyl groups excluding tert-OH is 3. The first-order valence-electron chi connectivity index (χ1n) is 17.4. The fraction of sp³-hybridized carbons (Fsp3) is 0.971. The Morgan fingerprint density at radius 3 is 2.26 bits per heavy atom. The highest BCUT2D eigenvalue weighted by atomic mass is 16.7. The van der Waals surface area contributed by atoms with Crippen LogP contribution in [0.25, 0.3) is 0 Å². The van der Waals surface area contributed by atoms with Gasteiger partial charge in [0.15, 0.2) is 24.8 Å². The average Bonchev–Trinajstić information content (AvgIpc) is 3.72. The van der Waals surface area contributed by atoms with Crippen LogP contribution in [0.2, 0.25) is 0 Å². The topological polar surface area (TPSA) is 161 Å². The molecule has 12 nitrogen and oxygen atoms in total. The molecule has 0 saturated carbocycles. The van der Waals surface area contributed by atoms with Gasteiger partial charge in [-0.1, -0.05) is 34.6 Å². The molecule has 5 heterocycles. The molecule has 4 N–H and O–H groups in total. The van der Waals surface area contributed by atoms with Crippen LogP contribution in [0, 0.1) is 23.7 Å². The molecule has 17 atom stereocenters. The van der Waals surface area contributed by atoms with Gasteiger partial charge >= 0.3 is 0 Å². The van der Waals surface area contributed by atoms with Crippen molar-refractivity contribution < 1.29 is 53.6 Å². The molecule has 0 aromatic rings. The van der Waals surface area contributed by atoms with E-state index in [0.717, 1.165) is 6.42 Å². The Bertz CT molecular complexity index is 1070. The predicted octanol–water partition coefficient (Wildman–Crippen LogP) is 2.91. The normalized spacial score (nSPS) is 53.7. The number of hydrogen-bond donors (Lipinski definition) is 4. The molecule has 17 unspecified atom stereocenters. The maximum atomic E-state index is 11.6. The number of fused-ring (bicyclic) bond motifs is 2. The maximum absolute atomic E-state index is 11.6. The zero-order valence-corrected chi connectivity index (χ0v) is 29.1. The van der Waals surface area contributed by atoms with E-state index >= 15 is 0 Å². The maximum Gasteiger partial charge on any atom is 0.187 e. The molecule has 46 heavy (non-hydrogen) atoms. The summed E-state index contributed by atoms with van der Waals surface area (Å²) in [5.41, 5.74) is -2.92. The number of ether oxygens (including phenoxy) is 7. The lowest BCUT2D eigenvalue weighted by Crippen LogP contribution is -2.58. The second-order valence-corrected chi connectivity index (χ2v) is 15.4. The minimum absolute atomic E-state index is 0.0908. The summed E-state index contributed by atoms with van der Waals surface area (Å²) in [5.74, 6) is -0.519. The third kappa shape index (κ3) is 7.18. The third-order valence-electron chi connectivity index (χ3n) is 11.4. The molecule has 4 saturated heterocycles. The van der Waals surface area contributed by atoms with Crippen molar-refractivity contribution in [3.8, 4) is 0 Å². The first-order chi connectivity index (χ1) is 21.5. The van der Waals surface area contributed by atoms with E-state index in [2.05, 4.69) is 6.92 Å². The van der Waals surface area contributed by atoms with Crippen LogP contribution >= 0.6 is 0 Å². The van der Waals surface area contributed by atoms with Crippen molar-refractivity contribution in [2.45, 2.75) is 173 Å². The summed E-state index contributed by atoms with van der Waals surface area (Å²) in [6.45, 7) is 18.1. The second kappa shape index (κ2) is 13.8. The van der Waals surface area contributed by atoms with E-state index in [4.69, 9.17) is 38.2 Å². The van der Waals surface area contributed by atoms with Gasteiger partial charge in [0.2, 0.25) is 0 Å². The van der Waals surface area contributed by atoms with Gasteiger partial charge in [-0.15, -0.1) is 0 Å². The van der Waals surface area contributed by atoms with Gasteiger partial charge in [-0.3, -0.25) is 0 Å². The van der Waals surface area contributed by atoms with Crippen molar-refractivity contribution in [1.29, 1.82) is 0 Å². The first-order valence-corrected chi connectivity index (χ1v) is 17.4. The molecular weight excluding hydrogens is 598 g/mol. The molecule has 0 radical (unpaired) electrons. The van der Waals surface area contributed by atoms with Gasteiger partial charge in [-0.05, 0) is 52.9 Å².